The summed E-state index contributed by atoms with van der Waals surface area (Å²) in [5.74, 6) is 1.31. The number of hydrogen-bond donors (Lipinski definition) is 1. The smallest absolute Gasteiger partial charge is 0.136 e. The number of fused-ring (bicyclic) bond motifs is 2. The van der Waals surface area contributed by atoms with Crippen molar-refractivity contribution in [2.24, 2.45) is 0 Å². The predicted octanol–water partition coefficient (Wildman–Crippen LogP) is 4.91. The van der Waals surface area contributed by atoms with Gasteiger partial charge in [-0.2, -0.15) is 0 Å². The van der Waals surface area contributed by atoms with Crippen LogP contribution in [0, 0.1) is 0 Å². The summed E-state index contributed by atoms with van der Waals surface area (Å²) in [6.45, 7) is 7.41. The molecule has 1 aromatic rings. The third-order valence-electron chi connectivity index (χ3n) is 5.69. The maximum atomic E-state index is 10.5. The fraction of sp³-hybridized carbons (Fsp3) is 0.600. The van der Waals surface area contributed by atoms with Gasteiger partial charge in [0.2, 0.25) is 0 Å². The fourth-order valence-corrected chi connectivity index (χ4v) is 4.47. The Kier molecular flexibility index (Phi) is 4.85. The van der Waals surface area contributed by atoms with Gasteiger partial charge < -0.3 is 9.84 Å². The van der Waals surface area contributed by atoms with Crippen molar-refractivity contribution >= 4 is 18.0 Å². The van der Waals surface area contributed by atoms with E-state index in [1.54, 1.807) is 0 Å². The molecule has 0 saturated carbocycles. The van der Waals surface area contributed by atoms with Crippen molar-refractivity contribution in [1.82, 2.24) is 4.90 Å². The lowest BCUT2D eigenvalue weighted by atomic mass is 9.77. The highest BCUT2D eigenvalue weighted by atomic mass is 35.5. The molecule has 132 valence electrons. The van der Waals surface area contributed by atoms with Crippen molar-refractivity contribution in [3.63, 3.8) is 0 Å². The number of nitrogens with zero attached hydrogens (tertiary/aromatic N) is 1. The zero-order valence-electron chi connectivity index (χ0n) is 14.7. The number of benzene rings is 1. The van der Waals surface area contributed by atoms with Gasteiger partial charge in [-0.1, -0.05) is 0 Å². The van der Waals surface area contributed by atoms with Crippen LogP contribution in [0.3, 0.4) is 0 Å². The van der Waals surface area contributed by atoms with Crippen molar-refractivity contribution in [1.29, 1.82) is 0 Å². The van der Waals surface area contributed by atoms with Crippen LogP contribution in [0.1, 0.15) is 63.5 Å². The fourth-order valence-electron chi connectivity index (χ4n) is 4.47. The number of rotatable bonds is 2. The number of aromatic hydroxyl groups is 1. The summed E-state index contributed by atoms with van der Waals surface area (Å²) in [7, 11) is 0. The Labute approximate surface area is 151 Å². The second-order valence-electron chi connectivity index (χ2n) is 7.70. The van der Waals surface area contributed by atoms with Gasteiger partial charge in [0.25, 0.3) is 0 Å². The van der Waals surface area contributed by atoms with Crippen LogP contribution in [0.2, 0.25) is 0 Å². The van der Waals surface area contributed by atoms with Crippen molar-refractivity contribution in [2.75, 3.05) is 13.1 Å². The molecule has 3 nitrogen and oxygen atoms in total. The van der Waals surface area contributed by atoms with Gasteiger partial charge in [-0.3, -0.25) is 4.90 Å². The van der Waals surface area contributed by atoms with E-state index in [0.29, 0.717) is 5.75 Å². The number of allylic oxidation sites excluding steroid dienone is 1. The Hall–Kier alpha value is -1.19. The second-order valence-corrected chi connectivity index (χ2v) is 7.70. The molecule has 4 heteroatoms. The van der Waals surface area contributed by atoms with E-state index in [0.717, 1.165) is 43.8 Å². The van der Waals surface area contributed by atoms with E-state index in [1.165, 1.54) is 42.4 Å². The standard InChI is InChI=1S/C20H27NO2.ClH/c1-20(2)17-8-4-3-7-14(17)15-9-10-18(22)16(19(15)23-20)13-21-11-5-6-12-21;/h9-10,22H,3-8,11-13H2,1-2H3;1H. The van der Waals surface area contributed by atoms with Crippen molar-refractivity contribution in [2.45, 2.75) is 64.5 Å². The van der Waals surface area contributed by atoms with E-state index in [9.17, 15) is 5.11 Å². The minimum absolute atomic E-state index is 0. The highest BCUT2D eigenvalue weighted by Crippen LogP contribution is 2.50. The van der Waals surface area contributed by atoms with Gasteiger partial charge in [0.15, 0.2) is 0 Å². The van der Waals surface area contributed by atoms with Crippen LogP contribution < -0.4 is 4.74 Å². The third kappa shape index (κ3) is 2.93. The molecule has 1 saturated heterocycles. The summed E-state index contributed by atoms with van der Waals surface area (Å²) < 4.78 is 6.47. The van der Waals surface area contributed by atoms with E-state index in [4.69, 9.17) is 4.74 Å². The van der Waals surface area contributed by atoms with Gasteiger partial charge in [-0.25, -0.2) is 0 Å². The Morgan fingerprint density at radius 1 is 1.08 bits per heavy atom. The number of ether oxygens (including phenoxy) is 1. The quantitative estimate of drug-likeness (QED) is 0.823. The number of halogens is 1. The summed E-state index contributed by atoms with van der Waals surface area (Å²) >= 11 is 0. The van der Waals surface area contributed by atoms with Crippen LogP contribution in [-0.2, 0) is 6.54 Å². The average Bonchev–Trinajstić information content (AvgIpc) is 3.03. The maximum Gasteiger partial charge on any atom is 0.136 e. The van der Waals surface area contributed by atoms with Crippen LogP contribution in [0.5, 0.6) is 11.5 Å². The van der Waals surface area contributed by atoms with Crippen molar-refractivity contribution in [3.05, 3.63) is 28.8 Å². The van der Waals surface area contributed by atoms with E-state index < -0.39 is 0 Å². The molecule has 0 aromatic heterocycles. The van der Waals surface area contributed by atoms with Crippen LogP contribution >= 0.6 is 12.4 Å². The van der Waals surface area contributed by atoms with Gasteiger partial charge in [-0.05, 0) is 88.7 Å². The molecule has 1 aromatic carbocycles. The van der Waals surface area contributed by atoms with E-state index in [2.05, 4.69) is 24.8 Å². The normalized spacial score (nSPS) is 22.4. The first-order valence-electron chi connectivity index (χ1n) is 9.05. The summed E-state index contributed by atoms with van der Waals surface area (Å²) in [6, 6.07) is 3.93. The molecule has 0 radical (unpaired) electrons. The molecular formula is C20H28ClNO2. The van der Waals surface area contributed by atoms with E-state index in [-0.39, 0.29) is 18.0 Å². The Morgan fingerprint density at radius 3 is 2.54 bits per heavy atom. The number of phenols is 1. The summed E-state index contributed by atoms with van der Waals surface area (Å²) in [5.41, 5.74) is 4.90. The third-order valence-corrected chi connectivity index (χ3v) is 5.69. The lowest BCUT2D eigenvalue weighted by molar-refractivity contribution is 0.133. The Balaban J connectivity index is 0.00000169. The predicted molar refractivity (Wildman–Crippen MR) is 100.0 cm³/mol. The topological polar surface area (TPSA) is 32.7 Å². The molecule has 0 spiro atoms. The summed E-state index contributed by atoms with van der Waals surface area (Å²) in [4.78, 5) is 2.43. The average molecular weight is 350 g/mol. The maximum absolute atomic E-state index is 10.5. The van der Waals surface area contributed by atoms with Crippen LogP contribution in [0.4, 0.5) is 0 Å². The summed E-state index contributed by atoms with van der Waals surface area (Å²) in [5, 5.41) is 10.5. The highest BCUT2D eigenvalue weighted by Gasteiger charge is 2.37. The molecule has 1 N–H and O–H groups in total. The van der Waals surface area contributed by atoms with E-state index >= 15 is 0 Å². The monoisotopic (exact) mass is 349 g/mol. The first-order chi connectivity index (χ1) is 11.1. The van der Waals surface area contributed by atoms with Crippen LogP contribution in [0.15, 0.2) is 17.7 Å². The lowest BCUT2D eigenvalue weighted by Crippen LogP contribution is -2.36. The van der Waals surface area contributed by atoms with E-state index in [1.807, 2.05) is 6.07 Å². The van der Waals surface area contributed by atoms with Gasteiger partial charge in [0.1, 0.15) is 17.1 Å². The zero-order chi connectivity index (χ0) is 16.0. The van der Waals surface area contributed by atoms with Crippen LogP contribution in [0.25, 0.3) is 5.57 Å². The molecule has 0 amide bonds. The highest BCUT2D eigenvalue weighted by molar-refractivity contribution is 5.85. The number of hydrogen-bond acceptors (Lipinski definition) is 3. The Bertz CT molecular complexity index is 660. The molecule has 3 aliphatic rings. The second kappa shape index (κ2) is 6.61. The zero-order valence-corrected chi connectivity index (χ0v) is 15.5. The number of likely N-dealkylation sites (tertiary alicyclic amines) is 1. The van der Waals surface area contributed by atoms with Gasteiger partial charge in [-0.15, -0.1) is 12.4 Å². The molecule has 2 heterocycles. The molecule has 0 bridgehead atoms. The van der Waals surface area contributed by atoms with Gasteiger partial charge in [0, 0.05) is 12.1 Å². The lowest BCUT2D eigenvalue weighted by Gasteiger charge is -2.40. The molecule has 4 rings (SSSR count). The first-order valence-corrected chi connectivity index (χ1v) is 9.05. The molecule has 24 heavy (non-hydrogen) atoms. The van der Waals surface area contributed by atoms with Crippen molar-refractivity contribution in [3.8, 4) is 11.5 Å². The Morgan fingerprint density at radius 2 is 1.79 bits per heavy atom. The van der Waals surface area contributed by atoms with Gasteiger partial charge in [0.05, 0.1) is 5.56 Å². The van der Waals surface area contributed by atoms with Crippen LogP contribution in [-0.4, -0.2) is 28.7 Å². The minimum atomic E-state index is -0.254. The number of phenolic OH excluding ortho intramolecular Hbond substituents is 1. The van der Waals surface area contributed by atoms with Crippen molar-refractivity contribution < 1.29 is 9.84 Å². The summed E-state index contributed by atoms with van der Waals surface area (Å²) in [6.07, 6.45) is 7.33. The minimum Gasteiger partial charge on any atom is -0.507 e. The molecule has 1 fully saturated rings. The first kappa shape index (κ1) is 17.6. The molecule has 2 aliphatic heterocycles. The molecule has 0 unspecified atom stereocenters. The molecule has 1 aliphatic carbocycles. The SMILES string of the molecule is CC1(C)Oc2c(ccc(O)c2CN2CCCC2)C2=C1CCCC2.Cl. The largest absolute Gasteiger partial charge is 0.507 e. The molecule has 0 atom stereocenters. The van der Waals surface area contributed by atoms with Gasteiger partial charge >= 0.3 is 0 Å². The molecular weight excluding hydrogens is 322 g/mol.